The van der Waals surface area contributed by atoms with Crippen molar-refractivity contribution in [3.05, 3.63) is 40.6 Å². The molecule has 0 aliphatic heterocycles. The highest BCUT2D eigenvalue weighted by Crippen LogP contribution is 2.24. The fourth-order valence-electron chi connectivity index (χ4n) is 3.96. The topological polar surface area (TPSA) is 81.3 Å². The smallest absolute Gasteiger partial charge is 0.352 e. The quantitative estimate of drug-likeness (QED) is 0.756. The molecule has 1 N–H and O–H groups in total. The second kappa shape index (κ2) is 7.04. The van der Waals surface area contributed by atoms with Gasteiger partial charge >= 0.3 is 5.69 Å². The minimum atomic E-state index is -0.343. The zero-order chi connectivity index (χ0) is 19.9. The Morgan fingerprint density at radius 1 is 1.18 bits per heavy atom. The number of carbonyl (C=O) groups excluding carboxylic acids is 1. The number of carbonyl (C=O) groups is 1. The van der Waals surface area contributed by atoms with Gasteiger partial charge in [-0.15, -0.1) is 5.10 Å². The molecule has 0 saturated heterocycles. The Morgan fingerprint density at radius 2 is 1.89 bits per heavy atom. The molecule has 0 atom stereocenters. The van der Waals surface area contributed by atoms with E-state index in [0.29, 0.717) is 11.5 Å². The van der Waals surface area contributed by atoms with Crippen LogP contribution in [0.1, 0.15) is 58.7 Å². The van der Waals surface area contributed by atoms with Crippen molar-refractivity contribution in [3.8, 4) is 0 Å². The Bertz CT molecular complexity index is 1080. The van der Waals surface area contributed by atoms with Gasteiger partial charge < -0.3 is 5.32 Å². The second-order valence-electron chi connectivity index (χ2n) is 8.70. The molecule has 0 bridgehead atoms. The average Bonchev–Trinajstić information content (AvgIpc) is 2.97. The Morgan fingerprint density at radius 3 is 2.61 bits per heavy atom. The van der Waals surface area contributed by atoms with Gasteiger partial charge in [-0.3, -0.25) is 4.79 Å². The van der Waals surface area contributed by atoms with Gasteiger partial charge in [0, 0.05) is 16.8 Å². The van der Waals surface area contributed by atoms with E-state index < -0.39 is 0 Å². The summed E-state index contributed by atoms with van der Waals surface area (Å²) in [6, 6.07) is 7.86. The summed E-state index contributed by atoms with van der Waals surface area (Å²) in [6.45, 7) is 5.98. The number of benzene rings is 1. The predicted octanol–water partition coefficient (Wildman–Crippen LogP) is 2.79. The third-order valence-electron chi connectivity index (χ3n) is 5.36. The minimum Gasteiger partial charge on any atom is -0.352 e. The van der Waals surface area contributed by atoms with Crippen molar-refractivity contribution in [3.63, 3.8) is 0 Å². The first-order valence-electron chi connectivity index (χ1n) is 10.0. The minimum absolute atomic E-state index is 0.0745. The van der Waals surface area contributed by atoms with Crippen LogP contribution in [0.2, 0.25) is 0 Å². The van der Waals surface area contributed by atoms with Crippen LogP contribution >= 0.6 is 0 Å². The molecule has 0 radical (unpaired) electrons. The molecule has 2 heterocycles. The molecule has 0 spiro atoms. The molecule has 1 aliphatic rings. The Labute approximate surface area is 163 Å². The Hall–Kier alpha value is -2.70. The fraction of sp³-hybridized carbons (Fsp3) is 0.524. The molecule has 1 saturated carbocycles. The number of amides is 1. The molecule has 148 valence electrons. The summed E-state index contributed by atoms with van der Waals surface area (Å²) in [5, 5.41) is 8.38. The van der Waals surface area contributed by atoms with Crippen LogP contribution in [0, 0.1) is 0 Å². The highest BCUT2D eigenvalue weighted by Gasteiger charge is 2.25. The van der Waals surface area contributed by atoms with E-state index in [-0.39, 0.29) is 29.6 Å². The summed E-state index contributed by atoms with van der Waals surface area (Å²) >= 11 is 0. The van der Waals surface area contributed by atoms with E-state index in [2.05, 4.69) is 10.4 Å². The van der Waals surface area contributed by atoms with Gasteiger partial charge in [-0.2, -0.15) is 0 Å². The molecule has 1 aliphatic carbocycles. The monoisotopic (exact) mass is 381 g/mol. The predicted molar refractivity (Wildman–Crippen MR) is 108 cm³/mol. The lowest BCUT2D eigenvalue weighted by molar-refractivity contribution is -0.122. The van der Waals surface area contributed by atoms with Crippen molar-refractivity contribution in [2.75, 3.05) is 0 Å². The van der Waals surface area contributed by atoms with Crippen molar-refractivity contribution in [2.45, 2.75) is 70.9 Å². The molecular formula is C21H27N5O2. The lowest BCUT2D eigenvalue weighted by Crippen LogP contribution is -2.40. The maximum atomic E-state index is 13.1. The van der Waals surface area contributed by atoms with E-state index in [1.54, 1.807) is 4.40 Å². The van der Waals surface area contributed by atoms with Gasteiger partial charge in [-0.05, 0) is 25.0 Å². The van der Waals surface area contributed by atoms with Crippen molar-refractivity contribution in [1.82, 2.24) is 24.5 Å². The lowest BCUT2D eigenvalue weighted by atomic mass is 9.95. The highest BCUT2D eigenvalue weighted by molar-refractivity contribution is 5.91. The molecule has 3 aromatic rings. The number of hydrogen-bond donors (Lipinski definition) is 1. The summed E-state index contributed by atoms with van der Waals surface area (Å²) in [5.41, 5.74) is 0.677. The van der Waals surface area contributed by atoms with Gasteiger partial charge in [0.15, 0.2) is 5.65 Å². The SMILES string of the molecule is CC(C)(C)c1nc2ccccc2c2nn(CC(=O)NC3CCCCC3)c(=O)n12. The summed E-state index contributed by atoms with van der Waals surface area (Å²) < 4.78 is 2.81. The van der Waals surface area contributed by atoms with Gasteiger partial charge in [0.05, 0.1) is 5.52 Å². The van der Waals surface area contributed by atoms with Crippen molar-refractivity contribution < 1.29 is 4.79 Å². The zero-order valence-corrected chi connectivity index (χ0v) is 16.7. The molecule has 1 amide bonds. The third kappa shape index (κ3) is 3.41. The first-order valence-corrected chi connectivity index (χ1v) is 10.0. The lowest BCUT2D eigenvalue weighted by Gasteiger charge is -2.22. The van der Waals surface area contributed by atoms with Crippen LogP contribution in [-0.2, 0) is 16.8 Å². The van der Waals surface area contributed by atoms with E-state index in [0.717, 1.165) is 36.6 Å². The van der Waals surface area contributed by atoms with E-state index in [1.165, 1.54) is 11.1 Å². The largest absolute Gasteiger partial charge is 0.352 e. The standard InChI is InChI=1S/C21H27N5O2/c1-21(2,3)19-23-16-12-8-7-11-15(16)18-24-25(20(28)26(18)19)13-17(27)22-14-9-5-4-6-10-14/h7-8,11-12,14H,4-6,9-10,13H2,1-3H3,(H,22,27). The van der Waals surface area contributed by atoms with Crippen LogP contribution in [0.4, 0.5) is 0 Å². The Balaban J connectivity index is 1.76. The molecule has 7 heteroatoms. The number of nitrogens with zero attached hydrogens (tertiary/aromatic N) is 4. The summed E-state index contributed by atoms with van der Waals surface area (Å²) in [7, 11) is 0. The van der Waals surface area contributed by atoms with Gasteiger partial charge in [0.2, 0.25) is 5.91 Å². The molecule has 2 aromatic heterocycles. The summed E-state index contributed by atoms with van der Waals surface area (Å²) in [5.74, 6) is 0.483. The van der Waals surface area contributed by atoms with Crippen LogP contribution in [-0.4, -0.2) is 31.1 Å². The van der Waals surface area contributed by atoms with E-state index >= 15 is 0 Å². The zero-order valence-electron chi connectivity index (χ0n) is 16.7. The summed E-state index contributed by atoms with van der Waals surface area (Å²) in [4.78, 5) is 30.4. The van der Waals surface area contributed by atoms with Crippen molar-refractivity contribution in [2.24, 2.45) is 0 Å². The number of para-hydroxylation sites is 1. The molecule has 7 nitrogen and oxygen atoms in total. The first kappa shape index (κ1) is 18.7. The van der Waals surface area contributed by atoms with E-state index in [4.69, 9.17) is 4.98 Å². The molecule has 0 unspecified atom stereocenters. The maximum absolute atomic E-state index is 13.1. The van der Waals surface area contributed by atoms with Gasteiger partial charge in [0.1, 0.15) is 12.4 Å². The highest BCUT2D eigenvalue weighted by atomic mass is 16.2. The first-order chi connectivity index (χ1) is 13.3. The number of rotatable bonds is 3. The van der Waals surface area contributed by atoms with E-state index in [9.17, 15) is 9.59 Å². The van der Waals surface area contributed by atoms with Crippen LogP contribution in [0.25, 0.3) is 16.6 Å². The van der Waals surface area contributed by atoms with Crippen molar-refractivity contribution >= 4 is 22.5 Å². The van der Waals surface area contributed by atoms with Crippen LogP contribution in [0.15, 0.2) is 29.1 Å². The maximum Gasteiger partial charge on any atom is 0.352 e. The van der Waals surface area contributed by atoms with Crippen LogP contribution in [0.5, 0.6) is 0 Å². The fourth-order valence-corrected chi connectivity index (χ4v) is 3.96. The normalized spacial score (nSPS) is 16.0. The average molecular weight is 381 g/mol. The summed E-state index contributed by atoms with van der Waals surface area (Å²) in [6.07, 6.45) is 5.54. The van der Waals surface area contributed by atoms with E-state index in [1.807, 2.05) is 45.0 Å². The van der Waals surface area contributed by atoms with Gasteiger partial charge in [-0.1, -0.05) is 52.2 Å². The molecule has 4 rings (SSSR count). The van der Waals surface area contributed by atoms with Crippen molar-refractivity contribution in [1.29, 1.82) is 0 Å². The van der Waals surface area contributed by atoms with Gasteiger partial charge in [-0.25, -0.2) is 18.9 Å². The van der Waals surface area contributed by atoms with Crippen LogP contribution in [0.3, 0.4) is 0 Å². The number of aromatic nitrogens is 4. The number of hydrogen-bond acceptors (Lipinski definition) is 4. The molecule has 1 fully saturated rings. The Kier molecular flexibility index (Phi) is 4.69. The van der Waals surface area contributed by atoms with Gasteiger partial charge in [0.25, 0.3) is 0 Å². The molecular weight excluding hydrogens is 354 g/mol. The van der Waals surface area contributed by atoms with Crippen LogP contribution < -0.4 is 11.0 Å². The molecule has 28 heavy (non-hydrogen) atoms. The second-order valence-corrected chi connectivity index (χ2v) is 8.70. The molecule has 1 aromatic carbocycles. The third-order valence-corrected chi connectivity index (χ3v) is 5.36. The number of fused-ring (bicyclic) bond motifs is 3. The number of nitrogens with one attached hydrogen (secondary N) is 1.